The monoisotopic (exact) mass is 270 g/mol. The summed E-state index contributed by atoms with van der Waals surface area (Å²) in [7, 11) is 0. The molecule has 19 heavy (non-hydrogen) atoms. The fraction of sp³-hybridized carbons (Fsp3) is 0.133. The molecule has 0 radical (unpaired) electrons. The van der Waals surface area contributed by atoms with Crippen LogP contribution in [0, 0.1) is 0 Å². The Morgan fingerprint density at radius 3 is 2.68 bits per heavy atom. The van der Waals surface area contributed by atoms with Gasteiger partial charge in [0.2, 0.25) is 0 Å². The van der Waals surface area contributed by atoms with Gasteiger partial charge in [-0.1, -0.05) is 0 Å². The highest BCUT2D eigenvalue weighted by atomic mass is 32.1. The fourth-order valence-electron chi connectivity index (χ4n) is 1.93. The van der Waals surface area contributed by atoms with Crippen LogP contribution in [0.2, 0.25) is 0 Å². The molecule has 3 rings (SSSR count). The Kier molecular flexibility index (Phi) is 3.33. The molecule has 3 aromatic rings. The standard InChI is InChI=1S/C15H14N2OS/c1-11(14-3-2-9-18-14)17-13-6-4-12(5-7-13)15-16-8-10-19-15/h2-11,17H,1H3. The van der Waals surface area contributed by atoms with Crippen molar-refractivity contribution in [3.63, 3.8) is 0 Å². The first-order chi connectivity index (χ1) is 9.33. The summed E-state index contributed by atoms with van der Waals surface area (Å²) in [6.45, 7) is 2.08. The minimum atomic E-state index is 0.153. The highest BCUT2D eigenvalue weighted by Crippen LogP contribution is 2.25. The molecule has 0 amide bonds. The molecule has 1 N–H and O–H groups in total. The lowest BCUT2D eigenvalue weighted by Crippen LogP contribution is -2.05. The molecule has 0 aliphatic heterocycles. The first-order valence-corrected chi connectivity index (χ1v) is 7.01. The van der Waals surface area contributed by atoms with E-state index in [0.29, 0.717) is 0 Å². The van der Waals surface area contributed by atoms with Crippen molar-refractivity contribution in [3.8, 4) is 10.6 Å². The SMILES string of the molecule is CC(Nc1ccc(-c2nccs2)cc1)c1ccco1. The summed E-state index contributed by atoms with van der Waals surface area (Å²) in [5.74, 6) is 0.934. The van der Waals surface area contributed by atoms with Gasteiger partial charge in [-0.05, 0) is 43.3 Å². The number of hydrogen-bond acceptors (Lipinski definition) is 4. The van der Waals surface area contributed by atoms with Crippen LogP contribution in [-0.2, 0) is 0 Å². The quantitative estimate of drug-likeness (QED) is 0.754. The van der Waals surface area contributed by atoms with Crippen LogP contribution in [0.15, 0.2) is 58.7 Å². The summed E-state index contributed by atoms with van der Waals surface area (Å²) >= 11 is 1.65. The molecule has 0 saturated carbocycles. The van der Waals surface area contributed by atoms with Crippen LogP contribution >= 0.6 is 11.3 Å². The number of rotatable bonds is 4. The van der Waals surface area contributed by atoms with Gasteiger partial charge in [-0.3, -0.25) is 0 Å². The van der Waals surface area contributed by atoms with Crippen molar-refractivity contribution < 1.29 is 4.42 Å². The molecule has 4 heteroatoms. The van der Waals surface area contributed by atoms with E-state index in [2.05, 4.69) is 41.5 Å². The Morgan fingerprint density at radius 1 is 1.21 bits per heavy atom. The van der Waals surface area contributed by atoms with Gasteiger partial charge in [0.15, 0.2) is 0 Å². The number of benzene rings is 1. The topological polar surface area (TPSA) is 38.1 Å². The minimum absolute atomic E-state index is 0.153. The third kappa shape index (κ3) is 2.69. The van der Waals surface area contributed by atoms with E-state index < -0.39 is 0 Å². The molecular weight excluding hydrogens is 256 g/mol. The van der Waals surface area contributed by atoms with Crippen LogP contribution in [0.1, 0.15) is 18.7 Å². The van der Waals surface area contributed by atoms with E-state index >= 15 is 0 Å². The van der Waals surface area contributed by atoms with Crippen molar-refractivity contribution in [2.75, 3.05) is 5.32 Å². The van der Waals surface area contributed by atoms with E-state index in [1.165, 1.54) is 0 Å². The Balaban J connectivity index is 1.73. The Morgan fingerprint density at radius 2 is 2.05 bits per heavy atom. The predicted molar refractivity (Wildman–Crippen MR) is 78.3 cm³/mol. The zero-order valence-corrected chi connectivity index (χ0v) is 11.4. The van der Waals surface area contributed by atoms with Gasteiger partial charge in [0.05, 0.1) is 12.3 Å². The van der Waals surface area contributed by atoms with Gasteiger partial charge in [-0.2, -0.15) is 0 Å². The molecule has 0 fully saturated rings. The highest BCUT2D eigenvalue weighted by molar-refractivity contribution is 7.13. The molecule has 0 aliphatic carbocycles. The number of thiazole rings is 1. The Bertz CT molecular complexity index is 615. The largest absolute Gasteiger partial charge is 0.467 e. The van der Waals surface area contributed by atoms with Crippen LogP contribution in [0.3, 0.4) is 0 Å². The second-order valence-electron chi connectivity index (χ2n) is 4.30. The zero-order chi connectivity index (χ0) is 13.1. The van der Waals surface area contributed by atoms with Gasteiger partial charge in [-0.15, -0.1) is 11.3 Å². The number of hydrogen-bond donors (Lipinski definition) is 1. The average Bonchev–Trinajstić information content (AvgIpc) is 3.13. The van der Waals surface area contributed by atoms with Gasteiger partial charge in [0.25, 0.3) is 0 Å². The van der Waals surface area contributed by atoms with Crippen LogP contribution < -0.4 is 5.32 Å². The molecule has 2 aromatic heterocycles. The smallest absolute Gasteiger partial charge is 0.125 e. The summed E-state index contributed by atoms with van der Waals surface area (Å²) in [4.78, 5) is 4.30. The lowest BCUT2D eigenvalue weighted by Gasteiger charge is -2.13. The van der Waals surface area contributed by atoms with Crippen molar-refractivity contribution in [2.45, 2.75) is 13.0 Å². The molecule has 1 atom stereocenters. The fourth-order valence-corrected chi connectivity index (χ4v) is 2.58. The summed E-state index contributed by atoms with van der Waals surface area (Å²) < 4.78 is 5.38. The molecule has 2 heterocycles. The molecule has 1 aromatic carbocycles. The number of aromatic nitrogens is 1. The first-order valence-electron chi connectivity index (χ1n) is 6.13. The second kappa shape index (κ2) is 5.28. The predicted octanol–water partition coefficient (Wildman–Crippen LogP) is 4.58. The van der Waals surface area contributed by atoms with Crippen molar-refractivity contribution in [1.82, 2.24) is 4.98 Å². The molecule has 0 spiro atoms. The van der Waals surface area contributed by atoms with E-state index in [1.54, 1.807) is 17.6 Å². The number of anilines is 1. The summed E-state index contributed by atoms with van der Waals surface area (Å²) in [6.07, 6.45) is 3.52. The first kappa shape index (κ1) is 12.0. The Hall–Kier alpha value is -2.07. The van der Waals surface area contributed by atoms with Gasteiger partial charge < -0.3 is 9.73 Å². The third-order valence-electron chi connectivity index (χ3n) is 2.92. The molecule has 0 aliphatic rings. The van der Waals surface area contributed by atoms with Crippen LogP contribution in [-0.4, -0.2) is 4.98 Å². The summed E-state index contributed by atoms with van der Waals surface area (Å²) in [5, 5.41) is 6.44. The number of nitrogens with one attached hydrogen (secondary N) is 1. The normalized spacial score (nSPS) is 12.3. The lowest BCUT2D eigenvalue weighted by atomic mass is 10.2. The summed E-state index contributed by atoms with van der Waals surface area (Å²) in [6, 6.07) is 12.3. The molecule has 0 saturated heterocycles. The van der Waals surface area contributed by atoms with Crippen LogP contribution in [0.5, 0.6) is 0 Å². The third-order valence-corrected chi connectivity index (χ3v) is 3.74. The van der Waals surface area contributed by atoms with Gasteiger partial charge >= 0.3 is 0 Å². The van der Waals surface area contributed by atoms with Crippen molar-refractivity contribution >= 4 is 17.0 Å². The molecular formula is C15H14N2OS. The minimum Gasteiger partial charge on any atom is -0.467 e. The van der Waals surface area contributed by atoms with Crippen LogP contribution in [0.25, 0.3) is 10.6 Å². The van der Waals surface area contributed by atoms with Gasteiger partial charge in [0, 0.05) is 22.8 Å². The highest BCUT2D eigenvalue weighted by Gasteiger charge is 2.08. The lowest BCUT2D eigenvalue weighted by molar-refractivity contribution is 0.490. The maximum atomic E-state index is 5.38. The molecule has 0 bridgehead atoms. The summed E-state index contributed by atoms with van der Waals surface area (Å²) in [5.41, 5.74) is 2.22. The zero-order valence-electron chi connectivity index (χ0n) is 10.5. The number of furan rings is 1. The maximum Gasteiger partial charge on any atom is 0.125 e. The number of nitrogens with zero attached hydrogens (tertiary/aromatic N) is 1. The van der Waals surface area contributed by atoms with Gasteiger partial charge in [0.1, 0.15) is 10.8 Å². The van der Waals surface area contributed by atoms with Crippen LogP contribution in [0.4, 0.5) is 5.69 Å². The molecule has 96 valence electrons. The van der Waals surface area contributed by atoms with Crippen molar-refractivity contribution in [1.29, 1.82) is 0 Å². The molecule has 3 nitrogen and oxygen atoms in total. The van der Waals surface area contributed by atoms with Crippen molar-refractivity contribution in [2.24, 2.45) is 0 Å². The van der Waals surface area contributed by atoms with Crippen molar-refractivity contribution in [3.05, 3.63) is 60.0 Å². The van der Waals surface area contributed by atoms with E-state index in [-0.39, 0.29) is 6.04 Å². The van der Waals surface area contributed by atoms with E-state index in [1.807, 2.05) is 23.7 Å². The maximum absolute atomic E-state index is 5.38. The Labute approximate surface area is 115 Å². The van der Waals surface area contributed by atoms with Gasteiger partial charge in [-0.25, -0.2) is 4.98 Å². The van der Waals surface area contributed by atoms with E-state index in [0.717, 1.165) is 22.0 Å². The van der Waals surface area contributed by atoms with E-state index in [9.17, 15) is 0 Å². The second-order valence-corrected chi connectivity index (χ2v) is 5.19. The average molecular weight is 270 g/mol. The van der Waals surface area contributed by atoms with E-state index in [4.69, 9.17) is 4.42 Å². The molecule has 1 unspecified atom stereocenters.